The van der Waals surface area contributed by atoms with Crippen molar-refractivity contribution in [3.8, 4) is 0 Å². The number of amides is 2. The first-order valence-corrected chi connectivity index (χ1v) is 12.3. The summed E-state index contributed by atoms with van der Waals surface area (Å²) in [6.45, 7) is 3.62. The SMILES string of the molecule is COCC(=O)N(CCN1CCOCC1)CC(=O)N1N=C(c2ccc(F)cc2)CC1c1ccccc1Cl. The van der Waals surface area contributed by atoms with Gasteiger partial charge in [0.2, 0.25) is 5.91 Å². The van der Waals surface area contributed by atoms with Crippen LogP contribution in [-0.2, 0) is 19.1 Å². The Morgan fingerprint density at radius 3 is 2.58 bits per heavy atom. The highest BCUT2D eigenvalue weighted by molar-refractivity contribution is 6.31. The molecule has 2 aliphatic rings. The monoisotopic (exact) mass is 516 g/mol. The third-order valence-electron chi connectivity index (χ3n) is 6.34. The van der Waals surface area contributed by atoms with Crippen LogP contribution in [0.4, 0.5) is 4.39 Å². The van der Waals surface area contributed by atoms with Crippen LogP contribution in [0.25, 0.3) is 0 Å². The van der Waals surface area contributed by atoms with Crippen LogP contribution in [0, 0.1) is 5.82 Å². The predicted molar refractivity (Wildman–Crippen MR) is 134 cm³/mol. The zero-order valence-electron chi connectivity index (χ0n) is 20.2. The normalized spacial score (nSPS) is 18.2. The highest BCUT2D eigenvalue weighted by Gasteiger charge is 2.35. The Bertz CT molecular complexity index is 1090. The van der Waals surface area contributed by atoms with Crippen molar-refractivity contribution in [2.45, 2.75) is 12.5 Å². The third kappa shape index (κ3) is 6.47. The second-order valence-electron chi connectivity index (χ2n) is 8.74. The number of halogens is 2. The standard InChI is InChI=1S/C26H30ClFN4O4/c1-35-18-26(34)31(11-10-30-12-14-36-15-13-30)17-25(33)32-24(21-4-2-3-5-22(21)27)16-23(29-32)19-6-8-20(28)9-7-19/h2-9,24H,10-18H2,1H3. The topological polar surface area (TPSA) is 74.7 Å². The molecule has 1 atom stereocenters. The largest absolute Gasteiger partial charge is 0.379 e. The molecule has 0 saturated carbocycles. The molecule has 8 nitrogen and oxygen atoms in total. The first-order chi connectivity index (χ1) is 17.5. The third-order valence-corrected chi connectivity index (χ3v) is 6.69. The Labute approximate surface area is 215 Å². The second kappa shape index (κ2) is 12.4. The van der Waals surface area contributed by atoms with E-state index in [4.69, 9.17) is 21.1 Å². The molecule has 0 bridgehead atoms. The van der Waals surface area contributed by atoms with Gasteiger partial charge in [-0.2, -0.15) is 5.10 Å². The molecule has 4 rings (SSSR count). The van der Waals surface area contributed by atoms with E-state index < -0.39 is 6.04 Å². The van der Waals surface area contributed by atoms with E-state index in [1.807, 2.05) is 18.2 Å². The summed E-state index contributed by atoms with van der Waals surface area (Å²) in [6.07, 6.45) is 0.418. The molecule has 2 aromatic carbocycles. The van der Waals surface area contributed by atoms with E-state index in [2.05, 4.69) is 10.0 Å². The summed E-state index contributed by atoms with van der Waals surface area (Å²) in [7, 11) is 1.45. The molecular formula is C26H30ClFN4O4. The average Bonchev–Trinajstić information content (AvgIpc) is 3.33. The van der Waals surface area contributed by atoms with Crippen molar-refractivity contribution in [2.75, 3.05) is 59.7 Å². The summed E-state index contributed by atoms with van der Waals surface area (Å²) in [6, 6.07) is 12.9. The molecule has 1 saturated heterocycles. The van der Waals surface area contributed by atoms with Crippen LogP contribution >= 0.6 is 11.6 Å². The number of hydrazone groups is 1. The predicted octanol–water partition coefficient (Wildman–Crippen LogP) is 2.96. The number of morpholine rings is 1. The van der Waals surface area contributed by atoms with Gasteiger partial charge in [0.1, 0.15) is 19.0 Å². The summed E-state index contributed by atoms with van der Waals surface area (Å²) in [5.74, 6) is -0.945. The van der Waals surface area contributed by atoms with E-state index >= 15 is 0 Å². The lowest BCUT2D eigenvalue weighted by Crippen LogP contribution is -2.47. The lowest BCUT2D eigenvalue weighted by molar-refractivity contribution is -0.143. The zero-order valence-corrected chi connectivity index (χ0v) is 21.0. The molecule has 1 unspecified atom stereocenters. The molecular weight excluding hydrogens is 487 g/mol. The van der Waals surface area contributed by atoms with E-state index in [0.29, 0.717) is 43.5 Å². The van der Waals surface area contributed by atoms with Crippen molar-refractivity contribution in [3.05, 3.63) is 70.5 Å². The summed E-state index contributed by atoms with van der Waals surface area (Å²) in [5, 5.41) is 6.55. The van der Waals surface area contributed by atoms with Gasteiger partial charge in [0.15, 0.2) is 0 Å². The van der Waals surface area contributed by atoms with Gasteiger partial charge >= 0.3 is 0 Å². The molecule has 2 amide bonds. The molecule has 2 aromatic rings. The minimum absolute atomic E-state index is 0.117. The highest BCUT2D eigenvalue weighted by Crippen LogP contribution is 2.36. The van der Waals surface area contributed by atoms with Gasteiger partial charge < -0.3 is 14.4 Å². The number of methoxy groups -OCH3 is 1. The van der Waals surface area contributed by atoms with Crippen LogP contribution in [-0.4, -0.2) is 92.0 Å². The lowest BCUT2D eigenvalue weighted by Gasteiger charge is -2.31. The van der Waals surface area contributed by atoms with Crippen molar-refractivity contribution >= 4 is 29.1 Å². The van der Waals surface area contributed by atoms with Gasteiger partial charge in [-0.05, 0) is 29.3 Å². The number of hydrogen-bond donors (Lipinski definition) is 0. The molecule has 10 heteroatoms. The molecule has 2 heterocycles. The van der Waals surface area contributed by atoms with Gasteiger partial charge in [-0.1, -0.05) is 41.9 Å². The maximum absolute atomic E-state index is 13.6. The molecule has 192 valence electrons. The Morgan fingerprint density at radius 2 is 1.89 bits per heavy atom. The van der Waals surface area contributed by atoms with Gasteiger partial charge in [-0.15, -0.1) is 0 Å². The first kappa shape index (κ1) is 26.2. The fraction of sp³-hybridized carbons (Fsp3) is 0.423. The molecule has 1 fully saturated rings. The van der Waals surface area contributed by atoms with Crippen LogP contribution < -0.4 is 0 Å². The molecule has 36 heavy (non-hydrogen) atoms. The summed E-state index contributed by atoms with van der Waals surface area (Å²) < 4.78 is 23.9. The van der Waals surface area contributed by atoms with Crippen molar-refractivity contribution in [3.63, 3.8) is 0 Å². The van der Waals surface area contributed by atoms with Gasteiger partial charge in [0, 0.05) is 44.7 Å². The van der Waals surface area contributed by atoms with Crippen LogP contribution in [0.5, 0.6) is 0 Å². The molecule has 0 aliphatic carbocycles. The fourth-order valence-corrected chi connectivity index (χ4v) is 4.64. The maximum Gasteiger partial charge on any atom is 0.262 e. The van der Waals surface area contributed by atoms with Gasteiger partial charge in [0.25, 0.3) is 5.91 Å². The molecule has 2 aliphatic heterocycles. The number of carbonyl (C=O) groups excluding carboxylic acids is 2. The molecule has 0 aromatic heterocycles. The van der Waals surface area contributed by atoms with Gasteiger partial charge in [-0.25, -0.2) is 9.40 Å². The van der Waals surface area contributed by atoms with Gasteiger partial charge in [-0.3, -0.25) is 14.5 Å². The molecule has 0 spiro atoms. The number of ether oxygens (including phenoxy) is 2. The number of nitrogens with zero attached hydrogens (tertiary/aromatic N) is 4. The van der Waals surface area contributed by atoms with E-state index in [1.54, 1.807) is 18.2 Å². The molecule has 0 N–H and O–H groups in total. The minimum Gasteiger partial charge on any atom is -0.379 e. The number of hydrogen-bond acceptors (Lipinski definition) is 6. The molecule has 0 radical (unpaired) electrons. The zero-order chi connectivity index (χ0) is 25.5. The summed E-state index contributed by atoms with van der Waals surface area (Å²) >= 11 is 6.49. The first-order valence-electron chi connectivity index (χ1n) is 11.9. The van der Waals surface area contributed by atoms with E-state index in [1.165, 1.54) is 29.2 Å². The van der Waals surface area contributed by atoms with E-state index in [0.717, 1.165) is 24.2 Å². The Morgan fingerprint density at radius 1 is 1.17 bits per heavy atom. The number of rotatable bonds is 9. The summed E-state index contributed by atoms with van der Waals surface area (Å²) in [4.78, 5) is 30.1. The number of benzene rings is 2. The minimum atomic E-state index is -0.440. The van der Waals surface area contributed by atoms with Crippen LogP contribution in [0.2, 0.25) is 5.02 Å². The smallest absolute Gasteiger partial charge is 0.262 e. The van der Waals surface area contributed by atoms with Crippen LogP contribution in [0.1, 0.15) is 23.6 Å². The Hall–Kier alpha value is -2.85. The second-order valence-corrected chi connectivity index (χ2v) is 9.14. The van der Waals surface area contributed by atoms with E-state index in [9.17, 15) is 14.0 Å². The summed E-state index contributed by atoms with van der Waals surface area (Å²) in [5.41, 5.74) is 2.14. The van der Waals surface area contributed by atoms with Crippen LogP contribution in [0.3, 0.4) is 0 Å². The highest BCUT2D eigenvalue weighted by atomic mass is 35.5. The Kier molecular flexibility index (Phi) is 9.03. The van der Waals surface area contributed by atoms with Gasteiger partial charge in [0.05, 0.1) is 25.0 Å². The lowest BCUT2D eigenvalue weighted by atomic mass is 9.98. The van der Waals surface area contributed by atoms with Crippen molar-refractivity contribution in [1.82, 2.24) is 14.8 Å². The Balaban J connectivity index is 1.56. The van der Waals surface area contributed by atoms with Crippen molar-refractivity contribution < 1.29 is 23.5 Å². The van der Waals surface area contributed by atoms with Crippen molar-refractivity contribution in [1.29, 1.82) is 0 Å². The van der Waals surface area contributed by atoms with E-state index in [-0.39, 0.29) is 30.8 Å². The average molecular weight is 517 g/mol. The maximum atomic E-state index is 13.6. The number of carbonyl (C=O) groups is 2. The quantitative estimate of drug-likeness (QED) is 0.512. The van der Waals surface area contributed by atoms with Crippen molar-refractivity contribution in [2.24, 2.45) is 5.10 Å². The fourth-order valence-electron chi connectivity index (χ4n) is 4.37. The van der Waals surface area contributed by atoms with Crippen LogP contribution in [0.15, 0.2) is 53.6 Å².